The highest BCUT2D eigenvalue weighted by Gasteiger charge is 2.24. The van der Waals surface area contributed by atoms with Crippen molar-refractivity contribution < 1.29 is 8.42 Å². The highest BCUT2D eigenvalue weighted by atomic mass is 79.9. The standard InChI is InChI=1S/C9H14BrNO2S/c1-3-11-14(12,13)8-4-5-9(10)7(2)6-8/h5-6,8,11H,3-4H2,1-2H3. The fraction of sp³-hybridized carbons (Fsp3) is 0.556. The Morgan fingerprint density at radius 2 is 2.29 bits per heavy atom. The van der Waals surface area contributed by atoms with Crippen LogP contribution in [0, 0.1) is 0 Å². The zero-order chi connectivity index (χ0) is 10.8. The first-order chi connectivity index (χ1) is 6.47. The zero-order valence-corrected chi connectivity index (χ0v) is 10.7. The molecule has 0 aliphatic heterocycles. The van der Waals surface area contributed by atoms with E-state index in [0.29, 0.717) is 13.0 Å². The fourth-order valence-corrected chi connectivity index (χ4v) is 3.00. The Morgan fingerprint density at radius 1 is 1.64 bits per heavy atom. The summed E-state index contributed by atoms with van der Waals surface area (Å²) in [6, 6.07) is 0. The lowest BCUT2D eigenvalue weighted by molar-refractivity contribution is 0.575. The molecular weight excluding hydrogens is 266 g/mol. The highest BCUT2D eigenvalue weighted by molar-refractivity contribution is 9.12. The fourth-order valence-electron chi connectivity index (χ4n) is 1.33. The first-order valence-electron chi connectivity index (χ1n) is 4.50. The van der Waals surface area contributed by atoms with Gasteiger partial charge in [0, 0.05) is 11.0 Å². The lowest BCUT2D eigenvalue weighted by Crippen LogP contribution is -2.33. The molecule has 1 unspecified atom stereocenters. The maximum Gasteiger partial charge on any atom is 0.218 e. The van der Waals surface area contributed by atoms with E-state index in [0.717, 1.165) is 10.1 Å². The summed E-state index contributed by atoms with van der Waals surface area (Å²) in [4.78, 5) is 0. The monoisotopic (exact) mass is 279 g/mol. The minimum absolute atomic E-state index is 0.427. The number of rotatable bonds is 3. The van der Waals surface area contributed by atoms with Gasteiger partial charge >= 0.3 is 0 Å². The zero-order valence-electron chi connectivity index (χ0n) is 8.25. The second kappa shape index (κ2) is 4.59. The summed E-state index contributed by atoms with van der Waals surface area (Å²) in [6.45, 7) is 4.12. The molecule has 0 heterocycles. The van der Waals surface area contributed by atoms with Crippen molar-refractivity contribution >= 4 is 26.0 Å². The van der Waals surface area contributed by atoms with E-state index < -0.39 is 15.3 Å². The van der Waals surface area contributed by atoms with Crippen LogP contribution >= 0.6 is 15.9 Å². The van der Waals surface area contributed by atoms with Gasteiger partial charge in [-0.15, -0.1) is 0 Å². The average Bonchev–Trinajstić information content (AvgIpc) is 2.09. The molecule has 0 saturated carbocycles. The largest absolute Gasteiger partial charge is 0.218 e. The molecule has 0 radical (unpaired) electrons. The summed E-state index contributed by atoms with van der Waals surface area (Å²) in [5, 5.41) is -0.427. The molecule has 1 aliphatic rings. The molecule has 14 heavy (non-hydrogen) atoms. The summed E-state index contributed by atoms with van der Waals surface area (Å²) >= 11 is 3.36. The van der Waals surface area contributed by atoms with E-state index in [1.165, 1.54) is 0 Å². The third kappa shape index (κ3) is 2.68. The lowest BCUT2D eigenvalue weighted by atomic mass is 10.1. The average molecular weight is 280 g/mol. The summed E-state index contributed by atoms with van der Waals surface area (Å²) in [5.74, 6) is 0. The van der Waals surface area contributed by atoms with E-state index in [9.17, 15) is 8.42 Å². The Morgan fingerprint density at radius 3 is 2.79 bits per heavy atom. The van der Waals surface area contributed by atoms with E-state index >= 15 is 0 Å². The van der Waals surface area contributed by atoms with Gasteiger partial charge < -0.3 is 0 Å². The van der Waals surface area contributed by atoms with Crippen LogP contribution in [0.3, 0.4) is 0 Å². The normalized spacial score (nSPS) is 22.9. The lowest BCUT2D eigenvalue weighted by Gasteiger charge is -2.17. The van der Waals surface area contributed by atoms with Gasteiger partial charge in [-0.3, -0.25) is 0 Å². The Bertz CT molecular complexity index is 370. The molecule has 0 aromatic rings. The van der Waals surface area contributed by atoms with E-state index in [1.807, 2.05) is 13.0 Å². The molecule has 0 amide bonds. The quantitative estimate of drug-likeness (QED) is 0.858. The molecule has 5 heteroatoms. The highest BCUT2D eigenvalue weighted by Crippen LogP contribution is 2.26. The molecule has 0 saturated heterocycles. The summed E-state index contributed by atoms with van der Waals surface area (Å²) in [7, 11) is -3.18. The van der Waals surface area contributed by atoms with Crippen LogP contribution < -0.4 is 4.72 Å². The van der Waals surface area contributed by atoms with Gasteiger partial charge in [0.25, 0.3) is 0 Å². The Balaban J connectivity index is 2.85. The van der Waals surface area contributed by atoms with Crippen LogP contribution in [0.25, 0.3) is 0 Å². The van der Waals surface area contributed by atoms with Crippen molar-refractivity contribution in [1.29, 1.82) is 0 Å². The van der Waals surface area contributed by atoms with Crippen LogP contribution in [0.4, 0.5) is 0 Å². The predicted molar refractivity (Wildman–Crippen MR) is 61.8 cm³/mol. The molecule has 0 spiro atoms. The van der Waals surface area contributed by atoms with E-state index in [-0.39, 0.29) is 0 Å². The van der Waals surface area contributed by atoms with Crippen molar-refractivity contribution in [3.63, 3.8) is 0 Å². The van der Waals surface area contributed by atoms with Crippen LogP contribution in [0.1, 0.15) is 20.3 Å². The maximum absolute atomic E-state index is 11.6. The molecular formula is C9H14BrNO2S. The third-order valence-corrected chi connectivity index (χ3v) is 4.85. The minimum Gasteiger partial charge on any atom is -0.215 e. The number of allylic oxidation sites excluding steroid dienone is 3. The van der Waals surface area contributed by atoms with Gasteiger partial charge in [-0.1, -0.05) is 35.0 Å². The number of nitrogens with one attached hydrogen (secondary N) is 1. The molecule has 1 N–H and O–H groups in total. The topological polar surface area (TPSA) is 46.2 Å². The summed E-state index contributed by atoms with van der Waals surface area (Å²) < 4.78 is 26.8. The van der Waals surface area contributed by atoms with E-state index in [1.54, 1.807) is 13.0 Å². The van der Waals surface area contributed by atoms with Crippen molar-refractivity contribution in [3.05, 3.63) is 22.2 Å². The smallest absolute Gasteiger partial charge is 0.215 e. The number of halogens is 1. The molecule has 1 aliphatic carbocycles. The molecule has 1 atom stereocenters. The van der Waals surface area contributed by atoms with Crippen LogP contribution in [0.2, 0.25) is 0 Å². The third-order valence-electron chi connectivity index (χ3n) is 2.09. The Kier molecular flexibility index (Phi) is 3.92. The second-order valence-electron chi connectivity index (χ2n) is 3.22. The molecule has 80 valence electrons. The maximum atomic E-state index is 11.6. The van der Waals surface area contributed by atoms with Gasteiger partial charge in [0.05, 0.1) is 5.25 Å². The number of sulfonamides is 1. The van der Waals surface area contributed by atoms with Crippen LogP contribution in [0.15, 0.2) is 22.2 Å². The van der Waals surface area contributed by atoms with E-state index in [2.05, 4.69) is 20.7 Å². The van der Waals surface area contributed by atoms with Crippen molar-refractivity contribution in [3.8, 4) is 0 Å². The van der Waals surface area contributed by atoms with Gasteiger partial charge in [-0.05, 0) is 18.9 Å². The predicted octanol–water partition coefficient (Wildman–Crippen LogP) is 1.92. The van der Waals surface area contributed by atoms with Crippen LogP contribution in [-0.2, 0) is 10.0 Å². The van der Waals surface area contributed by atoms with E-state index in [4.69, 9.17) is 0 Å². The summed E-state index contributed by atoms with van der Waals surface area (Å²) in [5.41, 5.74) is 0.975. The molecule has 3 nitrogen and oxygen atoms in total. The van der Waals surface area contributed by atoms with Gasteiger partial charge in [0.2, 0.25) is 10.0 Å². The van der Waals surface area contributed by atoms with Crippen molar-refractivity contribution in [2.24, 2.45) is 0 Å². The van der Waals surface area contributed by atoms with Crippen molar-refractivity contribution in [1.82, 2.24) is 4.72 Å². The van der Waals surface area contributed by atoms with Crippen LogP contribution in [0.5, 0.6) is 0 Å². The number of hydrogen-bond acceptors (Lipinski definition) is 2. The van der Waals surface area contributed by atoms with Gasteiger partial charge in [-0.2, -0.15) is 0 Å². The first kappa shape index (κ1) is 11.9. The van der Waals surface area contributed by atoms with Gasteiger partial charge in [0.15, 0.2) is 0 Å². The SMILES string of the molecule is CCNS(=O)(=O)C1C=C(C)C(Br)=CC1. The molecule has 1 rings (SSSR count). The molecule has 0 aromatic heterocycles. The number of hydrogen-bond donors (Lipinski definition) is 1. The Hall–Kier alpha value is -0.130. The minimum atomic E-state index is -3.18. The first-order valence-corrected chi connectivity index (χ1v) is 6.84. The van der Waals surface area contributed by atoms with Crippen molar-refractivity contribution in [2.45, 2.75) is 25.5 Å². The second-order valence-corrected chi connectivity index (χ2v) is 6.06. The Labute approximate surface area is 93.5 Å². The molecule has 0 bridgehead atoms. The van der Waals surface area contributed by atoms with Crippen molar-refractivity contribution in [2.75, 3.05) is 6.54 Å². The van der Waals surface area contributed by atoms with Gasteiger partial charge in [0.1, 0.15) is 0 Å². The van der Waals surface area contributed by atoms with Gasteiger partial charge in [-0.25, -0.2) is 13.1 Å². The summed E-state index contributed by atoms with van der Waals surface area (Å²) in [6.07, 6.45) is 4.21. The molecule has 0 fully saturated rings. The molecule has 0 aromatic carbocycles. The van der Waals surface area contributed by atoms with Crippen LogP contribution in [-0.4, -0.2) is 20.2 Å².